The van der Waals surface area contributed by atoms with Crippen LogP contribution < -0.4 is 10.1 Å². The molecule has 1 aromatic carbocycles. The molecule has 0 radical (unpaired) electrons. The quantitative estimate of drug-likeness (QED) is 0.759. The fourth-order valence-corrected chi connectivity index (χ4v) is 2.88. The van der Waals surface area contributed by atoms with E-state index in [0.717, 1.165) is 0 Å². The topological polar surface area (TPSA) is 69.0 Å². The predicted molar refractivity (Wildman–Crippen MR) is 92.2 cm³/mol. The van der Waals surface area contributed by atoms with E-state index in [1.807, 2.05) is 6.92 Å². The summed E-state index contributed by atoms with van der Waals surface area (Å²) in [6.45, 7) is 0.739. The van der Waals surface area contributed by atoms with Crippen LogP contribution in [0.25, 0.3) is 11.0 Å². The molecule has 3 rings (SSSR count). The van der Waals surface area contributed by atoms with Crippen LogP contribution >= 0.6 is 0 Å². The van der Waals surface area contributed by atoms with Gasteiger partial charge in [-0.3, -0.25) is 9.48 Å². The molecule has 6 nitrogen and oxygen atoms in total. The van der Waals surface area contributed by atoms with Gasteiger partial charge in [0, 0.05) is 24.8 Å². The lowest BCUT2D eigenvalue weighted by Crippen LogP contribution is -2.24. The van der Waals surface area contributed by atoms with Crippen LogP contribution in [-0.4, -0.2) is 27.3 Å². The number of benzene rings is 1. The van der Waals surface area contributed by atoms with Crippen molar-refractivity contribution >= 4 is 16.9 Å². The first kappa shape index (κ1) is 17.8. The highest BCUT2D eigenvalue weighted by Crippen LogP contribution is 2.23. The number of nitrogens with one attached hydrogen (secondary N) is 1. The minimum Gasteiger partial charge on any atom is -0.434 e. The van der Waals surface area contributed by atoms with Crippen molar-refractivity contribution in [3.05, 3.63) is 52.8 Å². The highest BCUT2D eigenvalue weighted by Gasteiger charge is 2.18. The maximum Gasteiger partial charge on any atom is 0.387 e. The minimum absolute atomic E-state index is 0.0383. The first-order valence-electron chi connectivity index (χ1n) is 7.98. The summed E-state index contributed by atoms with van der Waals surface area (Å²) in [6, 6.07) is 8.04. The molecule has 0 spiro atoms. The molecule has 0 saturated heterocycles. The Bertz CT molecular complexity index is 969. The first-order chi connectivity index (χ1) is 12.4. The first-order valence-corrected chi connectivity index (χ1v) is 7.98. The van der Waals surface area contributed by atoms with Crippen LogP contribution in [0.5, 0.6) is 5.75 Å². The lowest BCUT2D eigenvalue weighted by molar-refractivity contribution is -0.0504. The maximum absolute atomic E-state index is 12.7. The van der Waals surface area contributed by atoms with E-state index in [9.17, 15) is 13.6 Å². The van der Waals surface area contributed by atoms with Gasteiger partial charge in [0.15, 0.2) is 5.65 Å². The number of alkyl halides is 2. The number of carbonyl (C=O) groups excluding carboxylic acids is 1. The van der Waals surface area contributed by atoms with Crippen LogP contribution in [0.15, 0.2) is 30.3 Å². The van der Waals surface area contributed by atoms with Gasteiger partial charge in [-0.2, -0.15) is 13.9 Å². The molecule has 1 amide bonds. The molecule has 3 aromatic rings. The smallest absolute Gasteiger partial charge is 0.387 e. The Morgan fingerprint density at radius 3 is 2.77 bits per heavy atom. The van der Waals surface area contributed by atoms with Crippen LogP contribution in [0.1, 0.15) is 27.3 Å². The van der Waals surface area contributed by atoms with E-state index in [4.69, 9.17) is 0 Å². The number of nitrogens with zero attached hydrogens (tertiary/aromatic N) is 3. The Balaban J connectivity index is 1.87. The number of ether oxygens (including phenoxy) is 1. The van der Waals surface area contributed by atoms with Crippen molar-refractivity contribution in [3.8, 4) is 5.75 Å². The summed E-state index contributed by atoms with van der Waals surface area (Å²) in [6.07, 6.45) is 0. The Hall–Kier alpha value is -3.03. The molecule has 0 atom stereocenters. The van der Waals surface area contributed by atoms with Crippen LogP contribution in [-0.2, 0) is 13.6 Å². The van der Waals surface area contributed by atoms with Crippen LogP contribution in [0.4, 0.5) is 8.78 Å². The molecule has 2 aromatic heterocycles. The van der Waals surface area contributed by atoms with E-state index in [1.54, 1.807) is 42.9 Å². The number of para-hydroxylation sites is 1. The summed E-state index contributed by atoms with van der Waals surface area (Å²) in [5, 5.41) is 7.74. The number of aryl methyl sites for hydroxylation is 3. The molecule has 8 heteroatoms. The standard InChI is InChI=1S/C18H18F2N4O2/c1-10-8-13(15-11(2)23-24(3)16(15)22-10)17(25)21-9-12-6-4-5-7-14(12)26-18(19)20/h4-8,18H,9H2,1-3H3,(H,21,25). The van der Waals surface area contributed by atoms with Crippen molar-refractivity contribution in [2.75, 3.05) is 0 Å². The maximum atomic E-state index is 12.7. The van der Waals surface area contributed by atoms with Crippen molar-refractivity contribution < 1.29 is 18.3 Å². The number of carbonyl (C=O) groups is 1. The lowest BCUT2D eigenvalue weighted by Gasteiger charge is -2.12. The summed E-state index contributed by atoms with van der Waals surface area (Å²) in [4.78, 5) is 17.1. The average Bonchev–Trinajstić information content (AvgIpc) is 2.86. The molecule has 2 heterocycles. The number of hydrogen-bond donors (Lipinski definition) is 1. The summed E-state index contributed by atoms with van der Waals surface area (Å²) in [5.74, 6) is -0.292. The molecule has 0 unspecified atom stereocenters. The highest BCUT2D eigenvalue weighted by molar-refractivity contribution is 6.06. The van der Waals surface area contributed by atoms with E-state index in [2.05, 4.69) is 20.1 Å². The molecule has 136 valence electrons. The van der Waals surface area contributed by atoms with Gasteiger partial charge < -0.3 is 10.1 Å². The Morgan fingerprint density at radius 2 is 2.04 bits per heavy atom. The summed E-state index contributed by atoms with van der Waals surface area (Å²) in [7, 11) is 1.77. The van der Waals surface area contributed by atoms with Crippen molar-refractivity contribution in [1.29, 1.82) is 0 Å². The predicted octanol–water partition coefficient (Wildman–Crippen LogP) is 3.12. The molecule has 0 fully saturated rings. The number of pyridine rings is 1. The number of fused-ring (bicyclic) bond motifs is 1. The molecule has 0 saturated carbocycles. The van der Waals surface area contributed by atoms with Gasteiger partial charge in [-0.15, -0.1) is 0 Å². The highest BCUT2D eigenvalue weighted by atomic mass is 19.3. The third-order valence-electron chi connectivity index (χ3n) is 3.97. The lowest BCUT2D eigenvalue weighted by atomic mass is 10.1. The molecular formula is C18H18F2N4O2. The fourth-order valence-electron chi connectivity index (χ4n) is 2.88. The number of rotatable bonds is 5. The van der Waals surface area contributed by atoms with Gasteiger partial charge in [-0.05, 0) is 26.0 Å². The van der Waals surface area contributed by atoms with Gasteiger partial charge >= 0.3 is 6.61 Å². The molecule has 0 aliphatic heterocycles. The van der Waals surface area contributed by atoms with E-state index < -0.39 is 6.61 Å². The number of aromatic nitrogens is 3. The molecule has 26 heavy (non-hydrogen) atoms. The van der Waals surface area contributed by atoms with Gasteiger partial charge in [-0.25, -0.2) is 4.98 Å². The Morgan fingerprint density at radius 1 is 1.31 bits per heavy atom. The Kier molecular flexibility index (Phi) is 4.83. The molecule has 1 N–H and O–H groups in total. The van der Waals surface area contributed by atoms with Gasteiger partial charge in [0.25, 0.3) is 5.91 Å². The van der Waals surface area contributed by atoms with Crippen LogP contribution in [0.3, 0.4) is 0 Å². The zero-order valence-corrected chi connectivity index (χ0v) is 14.6. The average molecular weight is 360 g/mol. The zero-order valence-electron chi connectivity index (χ0n) is 14.6. The minimum atomic E-state index is -2.92. The van der Waals surface area contributed by atoms with Crippen molar-refractivity contribution in [2.24, 2.45) is 7.05 Å². The second-order valence-corrected chi connectivity index (χ2v) is 5.89. The van der Waals surface area contributed by atoms with E-state index in [1.165, 1.54) is 6.07 Å². The number of hydrogen-bond acceptors (Lipinski definition) is 4. The van der Waals surface area contributed by atoms with Crippen LogP contribution in [0, 0.1) is 13.8 Å². The van der Waals surface area contributed by atoms with Gasteiger partial charge in [0.1, 0.15) is 5.75 Å². The van der Waals surface area contributed by atoms with Crippen molar-refractivity contribution in [3.63, 3.8) is 0 Å². The molecule has 0 aliphatic carbocycles. The monoisotopic (exact) mass is 360 g/mol. The SMILES string of the molecule is Cc1cc(C(=O)NCc2ccccc2OC(F)F)c2c(C)nn(C)c2n1. The van der Waals surface area contributed by atoms with Crippen molar-refractivity contribution in [2.45, 2.75) is 27.0 Å². The second-order valence-electron chi connectivity index (χ2n) is 5.89. The summed E-state index contributed by atoms with van der Waals surface area (Å²) < 4.78 is 31.1. The van der Waals surface area contributed by atoms with E-state index in [-0.39, 0.29) is 18.2 Å². The van der Waals surface area contributed by atoms with Gasteiger partial charge in [0.05, 0.1) is 16.6 Å². The third kappa shape index (κ3) is 3.49. The third-order valence-corrected chi connectivity index (χ3v) is 3.97. The molecule has 0 aliphatic rings. The summed E-state index contributed by atoms with van der Waals surface area (Å²) in [5.41, 5.74) is 2.92. The second kappa shape index (κ2) is 7.07. The van der Waals surface area contributed by atoms with Crippen molar-refractivity contribution in [1.82, 2.24) is 20.1 Å². The number of amides is 1. The summed E-state index contributed by atoms with van der Waals surface area (Å²) >= 11 is 0. The van der Waals surface area contributed by atoms with E-state index >= 15 is 0 Å². The van der Waals surface area contributed by atoms with Gasteiger partial charge in [-0.1, -0.05) is 18.2 Å². The van der Waals surface area contributed by atoms with Crippen LogP contribution in [0.2, 0.25) is 0 Å². The zero-order chi connectivity index (χ0) is 18.8. The van der Waals surface area contributed by atoms with E-state index in [0.29, 0.717) is 33.5 Å². The molecule has 0 bridgehead atoms. The molecular weight excluding hydrogens is 342 g/mol. The normalized spacial score (nSPS) is 11.2. The fraction of sp³-hybridized carbons (Fsp3) is 0.278. The largest absolute Gasteiger partial charge is 0.434 e. The van der Waals surface area contributed by atoms with Gasteiger partial charge in [0.2, 0.25) is 0 Å². The Labute approximate surface area is 148 Å². The number of halogens is 2.